The van der Waals surface area contributed by atoms with Crippen molar-refractivity contribution in [1.29, 1.82) is 0 Å². The van der Waals surface area contributed by atoms with E-state index in [0.29, 0.717) is 36.3 Å². The van der Waals surface area contributed by atoms with E-state index in [-0.39, 0.29) is 5.91 Å². The summed E-state index contributed by atoms with van der Waals surface area (Å²) in [6, 6.07) is 9.14. The summed E-state index contributed by atoms with van der Waals surface area (Å²) in [4.78, 5) is 27.8. The SMILES string of the molecule is Cc1ccc2c(c1)C(C)(C(=O)O)C1(CCCC1)N(Cc1ccco1)C2=O. The van der Waals surface area contributed by atoms with Crippen molar-refractivity contribution in [3.63, 3.8) is 0 Å². The van der Waals surface area contributed by atoms with Gasteiger partial charge in [-0.1, -0.05) is 30.5 Å². The van der Waals surface area contributed by atoms with E-state index in [1.807, 2.05) is 25.1 Å². The van der Waals surface area contributed by atoms with Crippen LogP contribution in [0.4, 0.5) is 0 Å². The van der Waals surface area contributed by atoms with Gasteiger partial charge < -0.3 is 14.4 Å². The Kier molecular flexibility index (Phi) is 3.72. The Hall–Kier alpha value is -2.56. The second-order valence-electron chi connectivity index (χ2n) is 7.69. The van der Waals surface area contributed by atoms with Crippen molar-refractivity contribution >= 4 is 11.9 Å². The van der Waals surface area contributed by atoms with Crippen LogP contribution in [0.15, 0.2) is 41.0 Å². The van der Waals surface area contributed by atoms with Crippen LogP contribution in [-0.2, 0) is 16.8 Å². The second-order valence-corrected chi connectivity index (χ2v) is 7.69. The van der Waals surface area contributed by atoms with Crippen molar-refractivity contribution in [2.45, 2.75) is 57.0 Å². The molecule has 2 aliphatic rings. The first-order valence-electron chi connectivity index (χ1n) is 9.09. The molecule has 2 heterocycles. The van der Waals surface area contributed by atoms with Crippen LogP contribution in [0.3, 0.4) is 0 Å². The molecule has 1 saturated carbocycles. The fraction of sp³-hybridized carbons (Fsp3) is 0.429. The van der Waals surface area contributed by atoms with Gasteiger partial charge in [-0.25, -0.2) is 0 Å². The summed E-state index contributed by atoms with van der Waals surface area (Å²) >= 11 is 0. The fourth-order valence-electron chi connectivity index (χ4n) is 4.94. The molecular weight excluding hydrogens is 330 g/mol. The number of hydrogen-bond donors (Lipinski definition) is 1. The molecule has 5 nitrogen and oxygen atoms in total. The lowest BCUT2D eigenvalue weighted by Crippen LogP contribution is -2.67. The Bertz CT molecular complexity index is 864. The molecule has 1 fully saturated rings. The first-order valence-corrected chi connectivity index (χ1v) is 9.09. The molecule has 1 atom stereocenters. The van der Waals surface area contributed by atoms with Crippen LogP contribution in [0.25, 0.3) is 0 Å². The minimum absolute atomic E-state index is 0.1000. The summed E-state index contributed by atoms with van der Waals surface area (Å²) < 4.78 is 5.48. The van der Waals surface area contributed by atoms with Crippen LogP contribution in [0.5, 0.6) is 0 Å². The fourth-order valence-corrected chi connectivity index (χ4v) is 4.94. The van der Waals surface area contributed by atoms with Gasteiger partial charge in [-0.3, -0.25) is 9.59 Å². The summed E-state index contributed by atoms with van der Waals surface area (Å²) in [6.07, 6.45) is 4.81. The van der Waals surface area contributed by atoms with Gasteiger partial charge in [-0.05, 0) is 50.5 Å². The van der Waals surface area contributed by atoms with Gasteiger partial charge in [-0.2, -0.15) is 0 Å². The molecule has 1 aliphatic heterocycles. The molecule has 0 bridgehead atoms. The van der Waals surface area contributed by atoms with Gasteiger partial charge in [0.2, 0.25) is 0 Å². The molecule has 136 valence electrons. The highest BCUT2D eigenvalue weighted by molar-refractivity contribution is 6.02. The topological polar surface area (TPSA) is 70.8 Å². The van der Waals surface area contributed by atoms with Crippen LogP contribution in [-0.4, -0.2) is 27.4 Å². The number of benzene rings is 1. The number of nitrogens with zero attached hydrogens (tertiary/aromatic N) is 1. The van der Waals surface area contributed by atoms with Crippen molar-refractivity contribution in [3.05, 3.63) is 59.0 Å². The van der Waals surface area contributed by atoms with E-state index in [1.165, 1.54) is 0 Å². The van der Waals surface area contributed by atoms with E-state index in [2.05, 4.69) is 0 Å². The maximum Gasteiger partial charge on any atom is 0.316 e. The number of aliphatic carboxylic acids is 1. The number of carbonyl (C=O) groups excluding carboxylic acids is 1. The highest BCUT2D eigenvalue weighted by Gasteiger charge is 2.63. The zero-order valence-corrected chi connectivity index (χ0v) is 15.1. The molecule has 2 aromatic rings. The van der Waals surface area contributed by atoms with Crippen molar-refractivity contribution in [3.8, 4) is 0 Å². The summed E-state index contributed by atoms with van der Waals surface area (Å²) in [5.41, 5.74) is 0.225. The normalized spacial score (nSPS) is 24.1. The number of furan rings is 1. The summed E-state index contributed by atoms with van der Waals surface area (Å²) in [7, 11) is 0. The van der Waals surface area contributed by atoms with Gasteiger partial charge in [0.25, 0.3) is 5.91 Å². The Morgan fingerprint density at radius 3 is 2.62 bits per heavy atom. The molecule has 1 aromatic carbocycles. The molecule has 1 aliphatic carbocycles. The lowest BCUT2D eigenvalue weighted by Gasteiger charge is -2.54. The van der Waals surface area contributed by atoms with Crippen molar-refractivity contribution in [1.82, 2.24) is 4.90 Å². The highest BCUT2D eigenvalue weighted by Crippen LogP contribution is 2.54. The third-order valence-corrected chi connectivity index (χ3v) is 6.39. The second kappa shape index (κ2) is 5.73. The van der Waals surface area contributed by atoms with Crippen molar-refractivity contribution in [2.75, 3.05) is 0 Å². The van der Waals surface area contributed by atoms with Gasteiger partial charge in [0.15, 0.2) is 0 Å². The minimum atomic E-state index is -1.15. The smallest absolute Gasteiger partial charge is 0.316 e. The lowest BCUT2D eigenvalue weighted by molar-refractivity contribution is -0.150. The Morgan fingerprint density at radius 2 is 2.00 bits per heavy atom. The van der Waals surface area contributed by atoms with Crippen LogP contribution < -0.4 is 0 Å². The molecule has 1 spiro atoms. The number of carboxylic acid groups (broad SMARTS) is 1. The van der Waals surface area contributed by atoms with Crippen LogP contribution in [0, 0.1) is 6.92 Å². The maximum atomic E-state index is 13.4. The third kappa shape index (κ3) is 2.09. The minimum Gasteiger partial charge on any atom is -0.481 e. The van der Waals surface area contributed by atoms with E-state index in [4.69, 9.17) is 4.42 Å². The summed E-state index contributed by atoms with van der Waals surface area (Å²) in [6.45, 7) is 4.02. The van der Waals surface area contributed by atoms with Gasteiger partial charge in [0.05, 0.1) is 18.3 Å². The number of carbonyl (C=O) groups is 2. The van der Waals surface area contributed by atoms with Gasteiger partial charge in [0.1, 0.15) is 11.2 Å². The van der Waals surface area contributed by atoms with Gasteiger partial charge in [-0.15, -0.1) is 0 Å². The molecule has 5 heteroatoms. The third-order valence-electron chi connectivity index (χ3n) is 6.39. The quantitative estimate of drug-likeness (QED) is 0.908. The van der Waals surface area contributed by atoms with Crippen LogP contribution >= 0.6 is 0 Å². The Labute approximate surface area is 152 Å². The average Bonchev–Trinajstić information content (AvgIpc) is 3.29. The molecule has 0 saturated heterocycles. The van der Waals surface area contributed by atoms with Crippen molar-refractivity contribution < 1.29 is 19.1 Å². The number of amides is 1. The largest absolute Gasteiger partial charge is 0.481 e. The van der Waals surface area contributed by atoms with Crippen LogP contribution in [0.2, 0.25) is 0 Å². The Morgan fingerprint density at radius 1 is 1.27 bits per heavy atom. The van der Waals surface area contributed by atoms with Gasteiger partial charge >= 0.3 is 5.97 Å². The molecule has 1 unspecified atom stereocenters. The molecule has 1 aromatic heterocycles. The highest BCUT2D eigenvalue weighted by atomic mass is 16.4. The first-order chi connectivity index (χ1) is 12.4. The van der Waals surface area contributed by atoms with E-state index in [1.54, 1.807) is 30.2 Å². The number of aryl methyl sites for hydroxylation is 1. The summed E-state index contributed by atoms with van der Waals surface area (Å²) in [5.74, 6) is -0.298. The maximum absolute atomic E-state index is 13.4. The standard InChI is InChI=1S/C21H23NO4/c1-14-7-8-16-17(12-14)20(2,19(24)25)21(9-3-4-10-21)22(18(16)23)13-15-6-5-11-26-15/h5-8,11-12H,3-4,9-10,13H2,1-2H3,(H,24,25). The molecule has 4 rings (SSSR count). The lowest BCUT2D eigenvalue weighted by atomic mass is 9.60. The predicted octanol–water partition coefficient (Wildman–Crippen LogP) is 3.90. The molecule has 26 heavy (non-hydrogen) atoms. The number of carboxylic acids is 1. The van der Waals surface area contributed by atoms with E-state index < -0.39 is 16.9 Å². The van der Waals surface area contributed by atoms with Crippen molar-refractivity contribution in [2.24, 2.45) is 0 Å². The Balaban J connectivity index is 1.96. The molecule has 1 amide bonds. The molecule has 0 radical (unpaired) electrons. The first kappa shape index (κ1) is 16.9. The zero-order chi connectivity index (χ0) is 18.5. The predicted molar refractivity (Wildman–Crippen MR) is 95.9 cm³/mol. The molecule has 1 N–H and O–H groups in total. The average molecular weight is 353 g/mol. The summed E-state index contributed by atoms with van der Waals surface area (Å²) in [5, 5.41) is 10.3. The monoisotopic (exact) mass is 353 g/mol. The van der Waals surface area contributed by atoms with Gasteiger partial charge in [0, 0.05) is 5.56 Å². The van der Waals surface area contributed by atoms with E-state index in [9.17, 15) is 14.7 Å². The number of fused-ring (bicyclic) bond motifs is 1. The van der Waals surface area contributed by atoms with E-state index >= 15 is 0 Å². The van der Waals surface area contributed by atoms with Crippen LogP contribution in [0.1, 0.15) is 59.9 Å². The molecular formula is C21H23NO4. The van der Waals surface area contributed by atoms with E-state index in [0.717, 1.165) is 18.4 Å². The number of rotatable bonds is 3. The number of hydrogen-bond acceptors (Lipinski definition) is 3. The zero-order valence-electron chi connectivity index (χ0n) is 15.1.